The van der Waals surface area contributed by atoms with Crippen LogP contribution in [0.3, 0.4) is 0 Å². The van der Waals surface area contributed by atoms with E-state index in [1.807, 2.05) is 6.92 Å². The smallest absolute Gasteiger partial charge is 0.308 e. The summed E-state index contributed by atoms with van der Waals surface area (Å²) in [5.74, 6) is -1.77. The Bertz CT molecular complexity index is 477. The number of aromatic nitrogens is 2. The molecule has 0 radical (unpaired) electrons. The van der Waals surface area contributed by atoms with Crippen molar-refractivity contribution in [1.29, 1.82) is 0 Å². The fourth-order valence-electron chi connectivity index (χ4n) is 2.05. The molecular weight excluding hydrogens is 258 g/mol. The predicted molar refractivity (Wildman–Crippen MR) is 63.2 cm³/mol. The summed E-state index contributed by atoms with van der Waals surface area (Å²) in [5.41, 5.74) is 0.178. The van der Waals surface area contributed by atoms with Crippen LogP contribution >= 0.6 is 11.6 Å². The van der Waals surface area contributed by atoms with Crippen molar-refractivity contribution in [3.05, 3.63) is 23.0 Å². The Morgan fingerprint density at radius 1 is 1.39 bits per heavy atom. The van der Waals surface area contributed by atoms with Crippen LogP contribution in [0.5, 0.6) is 0 Å². The van der Waals surface area contributed by atoms with Gasteiger partial charge in [-0.3, -0.25) is 9.59 Å². The Kier molecular flexibility index (Phi) is 3.47. The first-order valence-corrected chi connectivity index (χ1v) is 5.88. The first kappa shape index (κ1) is 12.8. The lowest BCUT2D eigenvalue weighted by molar-refractivity contribution is -0.142. The lowest BCUT2D eigenvalue weighted by atomic mass is 9.99. The second kappa shape index (κ2) is 4.89. The highest BCUT2D eigenvalue weighted by atomic mass is 35.5. The van der Waals surface area contributed by atoms with E-state index in [0.29, 0.717) is 6.54 Å². The van der Waals surface area contributed by atoms with Crippen LogP contribution in [-0.2, 0) is 4.79 Å². The van der Waals surface area contributed by atoms with Crippen molar-refractivity contribution in [3.8, 4) is 0 Å². The number of halogens is 1. The third-order valence-corrected chi connectivity index (χ3v) is 3.27. The molecule has 7 heteroatoms. The summed E-state index contributed by atoms with van der Waals surface area (Å²) in [7, 11) is 0. The van der Waals surface area contributed by atoms with Gasteiger partial charge in [-0.05, 0) is 18.1 Å². The number of carboxylic acid groups (broad SMARTS) is 1. The second-order valence-electron chi connectivity index (χ2n) is 4.37. The van der Waals surface area contributed by atoms with Crippen molar-refractivity contribution < 1.29 is 14.7 Å². The maximum atomic E-state index is 12.1. The van der Waals surface area contributed by atoms with Gasteiger partial charge in [-0.15, -0.1) is 10.2 Å². The molecule has 1 amide bonds. The topological polar surface area (TPSA) is 83.4 Å². The lowest BCUT2D eigenvalue weighted by Gasteiger charge is -2.14. The standard InChI is InChI=1S/C11H12ClN3O3/c1-6-4-15(5-7(6)11(17)18)10(16)8-2-3-9(12)14-13-8/h2-3,6-7H,4-5H2,1H3,(H,17,18)/t6-,7-/m1/s1. The molecule has 2 rings (SSSR count). The maximum Gasteiger partial charge on any atom is 0.308 e. The van der Waals surface area contributed by atoms with Crippen molar-refractivity contribution in [2.24, 2.45) is 11.8 Å². The molecular formula is C11H12ClN3O3. The van der Waals surface area contributed by atoms with Gasteiger partial charge < -0.3 is 10.0 Å². The molecule has 1 aliphatic heterocycles. The largest absolute Gasteiger partial charge is 0.481 e. The molecule has 1 N–H and O–H groups in total. The highest BCUT2D eigenvalue weighted by Crippen LogP contribution is 2.24. The minimum absolute atomic E-state index is 0.0632. The van der Waals surface area contributed by atoms with Crippen LogP contribution < -0.4 is 0 Å². The van der Waals surface area contributed by atoms with Crippen molar-refractivity contribution in [2.45, 2.75) is 6.92 Å². The van der Waals surface area contributed by atoms with Gasteiger partial charge in [0.25, 0.3) is 5.91 Å². The Morgan fingerprint density at radius 3 is 2.61 bits per heavy atom. The number of carbonyl (C=O) groups is 2. The summed E-state index contributed by atoms with van der Waals surface area (Å²) in [5, 5.41) is 16.5. The molecule has 0 bridgehead atoms. The number of rotatable bonds is 2. The molecule has 96 valence electrons. The molecule has 1 aromatic rings. The number of likely N-dealkylation sites (tertiary alicyclic amines) is 1. The number of amides is 1. The molecule has 0 aliphatic carbocycles. The molecule has 0 saturated carbocycles. The Labute approximate surface area is 109 Å². The average molecular weight is 270 g/mol. The monoisotopic (exact) mass is 269 g/mol. The molecule has 18 heavy (non-hydrogen) atoms. The number of carbonyl (C=O) groups excluding carboxylic acids is 1. The SMILES string of the molecule is C[C@@H]1CN(C(=O)c2ccc(Cl)nn2)C[C@H]1C(=O)O. The summed E-state index contributed by atoms with van der Waals surface area (Å²) >= 11 is 5.59. The summed E-state index contributed by atoms with van der Waals surface area (Å²) < 4.78 is 0. The first-order valence-electron chi connectivity index (χ1n) is 5.50. The quantitative estimate of drug-likeness (QED) is 0.863. The van der Waals surface area contributed by atoms with Crippen LogP contribution in [0.4, 0.5) is 0 Å². The minimum Gasteiger partial charge on any atom is -0.481 e. The molecule has 0 unspecified atom stereocenters. The van der Waals surface area contributed by atoms with Crippen LogP contribution in [0, 0.1) is 11.8 Å². The normalized spacial score (nSPS) is 23.1. The molecule has 0 aromatic carbocycles. The molecule has 1 saturated heterocycles. The molecule has 2 heterocycles. The van der Waals surface area contributed by atoms with Crippen molar-refractivity contribution >= 4 is 23.5 Å². The van der Waals surface area contributed by atoms with Crippen LogP contribution in [-0.4, -0.2) is 45.2 Å². The molecule has 2 atom stereocenters. The summed E-state index contributed by atoms with van der Waals surface area (Å²) in [4.78, 5) is 24.5. The van der Waals surface area contributed by atoms with E-state index < -0.39 is 11.9 Å². The molecule has 6 nitrogen and oxygen atoms in total. The highest BCUT2D eigenvalue weighted by Gasteiger charge is 2.37. The first-order chi connectivity index (χ1) is 8.49. The summed E-state index contributed by atoms with van der Waals surface area (Å²) in [6.07, 6.45) is 0. The Morgan fingerprint density at radius 2 is 2.11 bits per heavy atom. The molecule has 1 aliphatic rings. The van der Waals surface area contributed by atoms with Gasteiger partial charge in [0.1, 0.15) is 0 Å². The van der Waals surface area contributed by atoms with Gasteiger partial charge in [-0.2, -0.15) is 0 Å². The van der Waals surface area contributed by atoms with Crippen LogP contribution in [0.2, 0.25) is 5.15 Å². The molecule has 1 aromatic heterocycles. The van der Waals surface area contributed by atoms with Gasteiger partial charge in [-0.25, -0.2) is 0 Å². The van der Waals surface area contributed by atoms with E-state index in [1.54, 1.807) is 0 Å². The van der Waals surface area contributed by atoms with E-state index in [-0.39, 0.29) is 29.2 Å². The number of nitrogens with zero attached hydrogens (tertiary/aromatic N) is 3. The number of aliphatic carboxylic acids is 1. The van der Waals surface area contributed by atoms with Gasteiger partial charge in [-0.1, -0.05) is 18.5 Å². The third kappa shape index (κ3) is 2.43. The zero-order valence-corrected chi connectivity index (χ0v) is 10.5. The van der Waals surface area contributed by atoms with Crippen molar-refractivity contribution in [2.75, 3.05) is 13.1 Å². The summed E-state index contributed by atoms with van der Waals surface area (Å²) in [6, 6.07) is 2.96. The highest BCUT2D eigenvalue weighted by molar-refractivity contribution is 6.29. The van der Waals surface area contributed by atoms with Gasteiger partial charge in [0.15, 0.2) is 10.8 Å². The second-order valence-corrected chi connectivity index (χ2v) is 4.76. The van der Waals surface area contributed by atoms with E-state index in [0.717, 1.165) is 0 Å². The average Bonchev–Trinajstić information content (AvgIpc) is 2.71. The fraction of sp³-hybridized carbons (Fsp3) is 0.455. The fourth-order valence-corrected chi connectivity index (χ4v) is 2.15. The van der Waals surface area contributed by atoms with E-state index in [2.05, 4.69) is 10.2 Å². The zero-order valence-electron chi connectivity index (χ0n) is 9.71. The van der Waals surface area contributed by atoms with Crippen molar-refractivity contribution in [1.82, 2.24) is 15.1 Å². The van der Waals surface area contributed by atoms with Gasteiger partial charge in [0, 0.05) is 13.1 Å². The number of hydrogen-bond acceptors (Lipinski definition) is 4. The minimum atomic E-state index is -0.875. The molecule has 1 fully saturated rings. The van der Waals surface area contributed by atoms with Crippen LogP contribution in [0.25, 0.3) is 0 Å². The lowest BCUT2D eigenvalue weighted by Crippen LogP contribution is -2.30. The zero-order chi connectivity index (χ0) is 13.3. The van der Waals surface area contributed by atoms with E-state index in [1.165, 1.54) is 17.0 Å². The maximum absolute atomic E-state index is 12.1. The van der Waals surface area contributed by atoms with Crippen LogP contribution in [0.15, 0.2) is 12.1 Å². The summed E-state index contributed by atoms with van der Waals surface area (Å²) in [6.45, 7) is 2.44. The van der Waals surface area contributed by atoms with E-state index in [9.17, 15) is 9.59 Å². The van der Waals surface area contributed by atoms with E-state index in [4.69, 9.17) is 16.7 Å². The number of hydrogen-bond donors (Lipinski definition) is 1. The van der Waals surface area contributed by atoms with Gasteiger partial charge in [0.05, 0.1) is 5.92 Å². The Balaban J connectivity index is 2.12. The van der Waals surface area contributed by atoms with Crippen LogP contribution in [0.1, 0.15) is 17.4 Å². The van der Waals surface area contributed by atoms with E-state index >= 15 is 0 Å². The third-order valence-electron chi connectivity index (χ3n) is 3.07. The van der Waals surface area contributed by atoms with Crippen molar-refractivity contribution in [3.63, 3.8) is 0 Å². The number of carboxylic acids is 1. The van der Waals surface area contributed by atoms with Gasteiger partial charge >= 0.3 is 5.97 Å². The van der Waals surface area contributed by atoms with Gasteiger partial charge in [0.2, 0.25) is 0 Å². The predicted octanol–water partition coefficient (Wildman–Crippen LogP) is 0.923. The Hall–Kier alpha value is -1.69. The molecule has 0 spiro atoms.